The van der Waals surface area contributed by atoms with Crippen LogP contribution < -0.4 is 0 Å². The Morgan fingerprint density at radius 3 is 2.38 bits per heavy atom. The monoisotopic (exact) mass is 186 g/mol. The van der Waals surface area contributed by atoms with E-state index in [0.29, 0.717) is 12.8 Å². The summed E-state index contributed by atoms with van der Waals surface area (Å²) in [6, 6.07) is 1.88. The average molecular weight is 186 g/mol. The van der Waals surface area contributed by atoms with Crippen LogP contribution in [0.25, 0.3) is 0 Å². The maximum atomic E-state index is 13.1. The fraction of sp³-hybridized carbons (Fsp3) is 0.333. The van der Waals surface area contributed by atoms with E-state index < -0.39 is 17.2 Å². The van der Waals surface area contributed by atoms with Gasteiger partial charge in [-0.05, 0) is 25.0 Å². The number of benzene rings is 1. The van der Waals surface area contributed by atoms with Crippen LogP contribution in [0.3, 0.4) is 0 Å². The summed E-state index contributed by atoms with van der Waals surface area (Å²) >= 11 is 0. The van der Waals surface area contributed by atoms with Gasteiger partial charge in [-0.25, -0.2) is 8.78 Å². The first-order chi connectivity index (χ1) is 6.04. The number of halogens is 2. The number of phenols is 1. The van der Waals surface area contributed by atoms with Crippen LogP contribution in [-0.2, 0) is 5.60 Å². The predicted octanol–water partition coefficient (Wildman–Crippen LogP) is 1.65. The maximum absolute atomic E-state index is 13.1. The van der Waals surface area contributed by atoms with E-state index in [1.165, 1.54) is 0 Å². The van der Waals surface area contributed by atoms with Gasteiger partial charge in [0.2, 0.25) is 0 Å². The van der Waals surface area contributed by atoms with Gasteiger partial charge in [0, 0.05) is 0 Å². The van der Waals surface area contributed by atoms with Gasteiger partial charge in [0.25, 0.3) is 0 Å². The van der Waals surface area contributed by atoms with Gasteiger partial charge in [0.1, 0.15) is 5.75 Å². The van der Waals surface area contributed by atoms with Crippen molar-refractivity contribution >= 4 is 0 Å². The summed E-state index contributed by atoms with van der Waals surface area (Å²) in [5.74, 6) is -2.59. The zero-order valence-electron chi connectivity index (χ0n) is 6.72. The van der Waals surface area contributed by atoms with Crippen molar-refractivity contribution in [2.24, 2.45) is 0 Å². The van der Waals surface area contributed by atoms with Crippen molar-refractivity contribution in [2.45, 2.75) is 18.4 Å². The summed E-state index contributed by atoms with van der Waals surface area (Å²) in [6.07, 6.45) is 0.724. The molecule has 13 heavy (non-hydrogen) atoms. The van der Waals surface area contributed by atoms with E-state index in [0.717, 1.165) is 12.1 Å². The molecular formula is C9H8F2O2. The first-order valence-corrected chi connectivity index (χ1v) is 3.94. The average Bonchev–Trinajstić information content (AvgIpc) is 2.78. The molecule has 70 valence electrons. The van der Waals surface area contributed by atoms with Crippen molar-refractivity contribution in [3.63, 3.8) is 0 Å². The van der Waals surface area contributed by atoms with Gasteiger partial charge < -0.3 is 10.2 Å². The molecule has 4 heteroatoms. The largest absolute Gasteiger partial charge is 0.507 e. The predicted molar refractivity (Wildman–Crippen MR) is 41.2 cm³/mol. The minimum atomic E-state index is -1.35. The standard InChI is InChI=1S/C9H8F2O2/c10-5-1-2-6(12)7(8(5)11)9(13)3-4-9/h1-2,12-13H,3-4H2. The molecule has 2 rings (SSSR count). The molecule has 2 N–H and O–H groups in total. The number of aliphatic hydroxyl groups is 1. The molecule has 0 bridgehead atoms. The zero-order valence-corrected chi connectivity index (χ0v) is 6.72. The summed E-state index contributed by atoms with van der Waals surface area (Å²) in [7, 11) is 0. The highest BCUT2D eigenvalue weighted by molar-refractivity contribution is 5.41. The maximum Gasteiger partial charge on any atom is 0.168 e. The Bertz CT molecular complexity index is 359. The van der Waals surface area contributed by atoms with Crippen molar-refractivity contribution in [1.82, 2.24) is 0 Å². The van der Waals surface area contributed by atoms with Gasteiger partial charge in [0.05, 0.1) is 11.2 Å². The number of aromatic hydroxyl groups is 1. The third-order valence-electron chi connectivity index (χ3n) is 2.26. The summed E-state index contributed by atoms with van der Waals surface area (Å²) in [6.45, 7) is 0. The van der Waals surface area contributed by atoms with Gasteiger partial charge in [-0.3, -0.25) is 0 Å². The van der Waals surface area contributed by atoms with E-state index in [1.807, 2.05) is 0 Å². The van der Waals surface area contributed by atoms with Crippen molar-refractivity contribution in [1.29, 1.82) is 0 Å². The molecule has 1 aliphatic carbocycles. The normalized spacial score (nSPS) is 18.7. The number of phenolic OH excluding ortho intramolecular Hbond substituents is 1. The second-order valence-corrected chi connectivity index (χ2v) is 3.29. The number of rotatable bonds is 1. The van der Waals surface area contributed by atoms with Crippen LogP contribution in [0.5, 0.6) is 5.75 Å². The van der Waals surface area contributed by atoms with Crippen LogP contribution >= 0.6 is 0 Å². The number of hydrogen-bond acceptors (Lipinski definition) is 2. The topological polar surface area (TPSA) is 40.5 Å². The molecule has 0 saturated heterocycles. The molecule has 0 radical (unpaired) electrons. The first kappa shape index (κ1) is 8.44. The highest BCUT2D eigenvalue weighted by Gasteiger charge is 2.46. The van der Waals surface area contributed by atoms with E-state index in [9.17, 15) is 19.0 Å². The Morgan fingerprint density at radius 2 is 1.85 bits per heavy atom. The lowest BCUT2D eigenvalue weighted by Crippen LogP contribution is -2.09. The molecule has 0 aromatic heterocycles. The van der Waals surface area contributed by atoms with Gasteiger partial charge >= 0.3 is 0 Å². The summed E-state index contributed by atoms with van der Waals surface area (Å²) in [4.78, 5) is 0. The van der Waals surface area contributed by atoms with Gasteiger partial charge in [-0.1, -0.05) is 0 Å². The van der Waals surface area contributed by atoms with Crippen molar-refractivity contribution in [3.05, 3.63) is 29.3 Å². The van der Waals surface area contributed by atoms with E-state index >= 15 is 0 Å². The Hall–Kier alpha value is -1.16. The molecule has 1 aromatic carbocycles. The highest BCUT2D eigenvalue weighted by atomic mass is 19.2. The molecule has 1 saturated carbocycles. The molecule has 0 aliphatic heterocycles. The van der Waals surface area contributed by atoms with E-state index in [4.69, 9.17) is 0 Å². The lowest BCUT2D eigenvalue weighted by Gasteiger charge is -2.11. The molecule has 1 aromatic rings. The fourth-order valence-electron chi connectivity index (χ4n) is 1.35. The minimum Gasteiger partial charge on any atom is -0.507 e. The molecule has 2 nitrogen and oxygen atoms in total. The SMILES string of the molecule is Oc1ccc(F)c(F)c1C1(O)CC1. The molecule has 0 amide bonds. The molecular weight excluding hydrogens is 178 g/mol. The second kappa shape index (κ2) is 2.42. The second-order valence-electron chi connectivity index (χ2n) is 3.29. The van der Waals surface area contributed by atoms with Crippen molar-refractivity contribution < 1.29 is 19.0 Å². The van der Waals surface area contributed by atoms with Crippen LogP contribution in [0.15, 0.2) is 12.1 Å². The summed E-state index contributed by atoms with van der Waals surface area (Å²) < 4.78 is 25.8. The first-order valence-electron chi connectivity index (χ1n) is 3.94. The molecule has 0 heterocycles. The van der Waals surface area contributed by atoms with E-state index in [1.54, 1.807) is 0 Å². The molecule has 0 atom stereocenters. The summed E-state index contributed by atoms with van der Waals surface area (Å²) in [5.41, 5.74) is -1.66. The zero-order chi connectivity index (χ0) is 9.64. The Balaban J connectivity index is 2.61. The van der Waals surface area contributed by atoms with Gasteiger partial charge in [-0.2, -0.15) is 0 Å². The molecule has 0 unspecified atom stereocenters. The van der Waals surface area contributed by atoms with Crippen LogP contribution in [0, 0.1) is 11.6 Å². The van der Waals surface area contributed by atoms with Crippen LogP contribution in [-0.4, -0.2) is 10.2 Å². The Morgan fingerprint density at radius 1 is 1.23 bits per heavy atom. The smallest absolute Gasteiger partial charge is 0.168 e. The Labute approximate surface area is 73.4 Å². The van der Waals surface area contributed by atoms with Gasteiger partial charge in [0.15, 0.2) is 11.6 Å². The molecule has 0 spiro atoms. The molecule has 1 aliphatic rings. The quantitative estimate of drug-likeness (QED) is 0.700. The highest BCUT2D eigenvalue weighted by Crippen LogP contribution is 2.49. The van der Waals surface area contributed by atoms with Gasteiger partial charge in [-0.15, -0.1) is 0 Å². The number of hydrogen-bond donors (Lipinski definition) is 2. The van der Waals surface area contributed by atoms with E-state index in [2.05, 4.69) is 0 Å². The lowest BCUT2D eigenvalue weighted by molar-refractivity contribution is 0.141. The fourth-order valence-corrected chi connectivity index (χ4v) is 1.35. The lowest BCUT2D eigenvalue weighted by atomic mass is 10.1. The van der Waals surface area contributed by atoms with Crippen molar-refractivity contribution in [3.8, 4) is 5.75 Å². The summed E-state index contributed by atoms with van der Waals surface area (Å²) in [5, 5.41) is 18.7. The molecule has 1 fully saturated rings. The third kappa shape index (κ3) is 1.18. The van der Waals surface area contributed by atoms with Crippen LogP contribution in [0.2, 0.25) is 0 Å². The Kier molecular flexibility index (Phi) is 1.57. The minimum absolute atomic E-state index is 0.312. The third-order valence-corrected chi connectivity index (χ3v) is 2.26. The van der Waals surface area contributed by atoms with Crippen LogP contribution in [0.1, 0.15) is 18.4 Å². The van der Waals surface area contributed by atoms with Crippen LogP contribution in [0.4, 0.5) is 8.78 Å². The van der Waals surface area contributed by atoms with E-state index in [-0.39, 0.29) is 11.3 Å². The van der Waals surface area contributed by atoms with Crippen molar-refractivity contribution in [2.75, 3.05) is 0 Å².